The smallest absolute Gasteiger partial charge is 0.236 e. The zero-order chi connectivity index (χ0) is 15.1. The highest BCUT2D eigenvalue weighted by atomic mass is 35.5. The van der Waals surface area contributed by atoms with Gasteiger partial charge in [-0.05, 0) is 35.9 Å². The van der Waals surface area contributed by atoms with E-state index in [1.165, 1.54) is 6.92 Å². The average molecular weight is 303 g/mol. The predicted octanol–water partition coefficient (Wildman–Crippen LogP) is 3.39. The van der Waals surface area contributed by atoms with Gasteiger partial charge in [0.15, 0.2) is 0 Å². The molecule has 5 heteroatoms. The maximum absolute atomic E-state index is 10.7. The van der Waals surface area contributed by atoms with Gasteiger partial charge < -0.3 is 4.74 Å². The Hall–Kier alpha value is -2.33. The molecule has 0 unspecified atom stereocenters. The van der Waals surface area contributed by atoms with Crippen molar-refractivity contribution in [3.8, 4) is 5.75 Å². The van der Waals surface area contributed by atoms with Gasteiger partial charge >= 0.3 is 0 Å². The number of benzene rings is 2. The third-order valence-corrected chi connectivity index (χ3v) is 3.04. The lowest BCUT2D eigenvalue weighted by Gasteiger charge is -2.07. The van der Waals surface area contributed by atoms with E-state index in [-0.39, 0.29) is 5.91 Å². The van der Waals surface area contributed by atoms with E-state index in [0.717, 1.165) is 16.9 Å². The van der Waals surface area contributed by atoms with Crippen molar-refractivity contribution in [3.05, 3.63) is 64.7 Å². The van der Waals surface area contributed by atoms with Crippen molar-refractivity contribution in [1.29, 1.82) is 0 Å². The number of nitrogens with one attached hydrogen (secondary N) is 1. The second-order valence-electron chi connectivity index (χ2n) is 4.38. The van der Waals surface area contributed by atoms with Crippen molar-refractivity contribution in [2.24, 2.45) is 5.10 Å². The van der Waals surface area contributed by atoms with E-state index in [9.17, 15) is 4.79 Å². The van der Waals surface area contributed by atoms with Crippen LogP contribution < -0.4 is 10.2 Å². The van der Waals surface area contributed by atoms with Crippen LogP contribution in [-0.4, -0.2) is 12.1 Å². The number of hydrazone groups is 1. The van der Waals surface area contributed by atoms with Crippen LogP contribution in [0.1, 0.15) is 18.1 Å². The number of amides is 1. The molecular weight excluding hydrogens is 288 g/mol. The number of hydrogen-bond acceptors (Lipinski definition) is 3. The van der Waals surface area contributed by atoms with Crippen LogP contribution in [0.4, 0.5) is 0 Å². The van der Waals surface area contributed by atoms with Gasteiger partial charge in [-0.15, -0.1) is 0 Å². The normalized spacial score (nSPS) is 10.6. The van der Waals surface area contributed by atoms with Gasteiger partial charge in [0.2, 0.25) is 5.91 Å². The number of ether oxygens (including phenoxy) is 1. The molecule has 2 aromatic rings. The Bertz CT molecular complexity index is 639. The predicted molar refractivity (Wildman–Crippen MR) is 83.6 cm³/mol. The first kappa shape index (κ1) is 15.1. The summed E-state index contributed by atoms with van der Waals surface area (Å²) >= 11 is 6.07. The maximum Gasteiger partial charge on any atom is 0.236 e. The van der Waals surface area contributed by atoms with E-state index in [4.69, 9.17) is 16.3 Å². The Labute approximate surface area is 128 Å². The zero-order valence-electron chi connectivity index (χ0n) is 11.5. The molecule has 1 N–H and O–H groups in total. The minimum Gasteiger partial charge on any atom is -0.489 e. The van der Waals surface area contributed by atoms with Crippen molar-refractivity contribution in [2.75, 3.05) is 0 Å². The number of carbonyl (C=O) groups is 1. The van der Waals surface area contributed by atoms with Crippen molar-refractivity contribution < 1.29 is 9.53 Å². The first-order valence-corrected chi connectivity index (χ1v) is 6.79. The number of nitrogens with zero attached hydrogens (tertiary/aromatic N) is 1. The molecule has 21 heavy (non-hydrogen) atoms. The summed E-state index contributed by atoms with van der Waals surface area (Å²) in [5.41, 5.74) is 4.16. The minimum atomic E-state index is -0.203. The summed E-state index contributed by atoms with van der Waals surface area (Å²) in [6.45, 7) is 1.82. The Morgan fingerprint density at radius 1 is 1.24 bits per heavy atom. The lowest BCUT2D eigenvalue weighted by molar-refractivity contribution is -0.118. The molecule has 0 spiro atoms. The summed E-state index contributed by atoms with van der Waals surface area (Å²) < 4.78 is 5.67. The summed E-state index contributed by atoms with van der Waals surface area (Å²) in [7, 11) is 0. The van der Waals surface area contributed by atoms with Crippen molar-refractivity contribution in [2.45, 2.75) is 13.5 Å². The lowest BCUT2D eigenvalue weighted by atomic mass is 10.2. The van der Waals surface area contributed by atoms with Crippen LogP contribution in [0, 0.1) is 0 Å². The molecule has 0 saturated heterocycles. The molecule has 0 atom stereocenters. The molecule has 0 bridgehead atoms. The molecule has 0 aromatic heterocycles. The highest BCUT2D eigenvalue weighted by Gasteiger charge is 2.00. The second-order valence-corrected chi connectivity index (χ2v) is 4.78. The standard InChI is InChI=1S/C16H15ClN2O2/c1-12(20)19-18-10-13-6-8-15(9-7-13)21-11-14-4-2-3-5-16(14)17/h2-10H,11H2,1H3,(H,19,20)/b18-10-. The van der Waals surface area contributed by atoms with Gasteiger partial charge in [0, 0.05) is 17.5 Å². The zero-order valence-corrected chi connectivity index (χ0v) is 12.3. The number of carbonyl (C=O) groups excluding carboxylic acids is 1. The molecule has 4 nitrogen and oxygen atoms in total. The molecule has 108 valence electrons. The van der Waals surface area contributed by atoms with E-state index >= 15 is 0 Å². The Morgan fingerprint density at radius 2 is 1.95 bits per heavy atom. The molecule has 0 saturated carbocycles. The highest BCUT2D eigenvalue weighted by molar-refractivity contribution is 6.31. The molecule has 0 aliphatic heterocycles. The van der Waals surface area contributed by atoms with Crippen LogP contribution in [0.5, 0.6) is 5.75 Å². The Kier molecular flexibility index (Phi) is 5.35. The fourth-order valence-electron chi connectivity index (χ4n) is 1.62. The first-order chi connectivity index (χ1) is 10.1. The van der Waals surface area contributed by atoms with Crippen molar-refractivity contribution in [3.63, 3.8) is 0 Å². The van der Waals surface area contributed by atoms with Crippen LogP contribution in [0.15, 0.2) is 53.6 Å². The molecule has 0 fully saturated rings. The fraction of sp³-hybridized carbons (Fsp3) is 0.125. The van der Waals surface area contributed by atoms with Crippen molar-refractivity contribution in [1.82, 2.24) is 5.43 Å². The highest BCUT2D eigenvalue weighted by Crippen LogP contribution is 2.18. The fourth-order valence-corrected chi connectivity index (χ4v) is 1.81. The number of hydrogen-bond donors (Lipinski definition) is 1. The number of halogens is 1. The molecule has 0 radical (unpaired) electrons. The van der Waals surface area contributed by atoms with Crippen LogP contribution in [0.25, 0.3) is 0 Å². The summed E-state index contributed by atoms with van der Waals surface area (Å²) in [4.78, 5) is 10.7. The maximum atomic E-state index is 10.7. The first-order valence-electron chi connectivity index (χ1n) is 6.41. The molecule has 0 heterocycles. The molecule has 0 aliphatic carbocycles. The summed E-state index contributed by atoms with van der Waals surface area (Å²) in [6.07, 6.45) is 1.57. The monoisotopic (exact) mass is 302 g/mol. The van der Waals surface area contributed by atoms with E-state index in [1.54, 1.807) is 6.21 Å². The van der Waals surface area contributed by atoms with Crippen LogP contribution >= 0.6 is 11.6 Å². The van der Waals surface area contributed by atoms with Gasteiger partial charge in [-0.3, -0.25) is 4.79 Å². The molecule has 2 rings (SSSR count). The second kappa shape index (κ2) is 7.45. The van der Waals surface area contributed by atoms with E-state index in [1.807, 2.05) is 48.5 Å². The molecule has 0 aliphatic rings. The Balaban J connectivity index is 1.92. The van der Waals surface area contributed by atoms with Gasteiger partial charge in [0.1, 0.15) is 12.4 Å². The quantitative estimate of drug-likeness (QED) is 0.680. The van der Waals surface area contributed by atoms with Gasteiger partial charge in [-0.1, -0.05) is 29.8 Å². The van der Waals surface area contributed by atoms with E-state index in [2.05, 4.69) is 10.5 Å². The van der Waals surface area contributed by atoms with E-state index < -0.39 is 0 Å². The number of rotatable bonds is 5. The van der Waals surface area contributed by atoms with Crippen LogP contribution in [-0.2, 0) is 11.4 Å². The van der Waals surface area contributed by atoms with Gasteiger partial charge in [-0.2, -0.15) is 5.10 Å². The molecular formula is C16H15ClN2O2. The molecule has 2 aromatic carbocycles. The Morgan fingerprint density at radius 3 is 2.62 bits per heavy atom. The van der Waals surface area contributed by atoms with Gasteiger partial charge in [0.05, 0.1) is 6.21 Å². The lowest BCUT2D eigenvalue weighted by Crippen LogP contribution is -2.12. The third kappa shape index (κ3) is 4.93. The largest absolute Gasteiger partial charge is 0.489 e. The van der Waals surface area contributed by atoms with Gasteiger partial charge in [0.25, 0.3) is 0 Å². The SMILES string of the molecule is CC(=O)N/N=C\c1ccc(OCc2ccccc2Cl)cc1. The summed E-state index contributed by atoms with van der Waals surface area (Å²) in [6, 6.07) is 15.0. The van der Waals surface area contributed by atoms with Gasteiger partial charge in [-0.25, -0.2) is 5.43 Å². The summed E-state index contributed by atoms with van der Waals surface area (Å²) in [5, 5.41) is 4.48. The average Bonchev–Trinajstić information content (AvgIpc) is 2.47. The summed E-state index contributed by atoms with van der Waals surface area (Å²) in [5.74, 6) is 0.539. The van der Waals surface area contributed by atoms with Crippen molar-refractivity contribution >= 4 is 23.7 Å². The molecule has 1 amide bonds. The van der Waals surface area contributed by atoms with Crippen LogP contribution in [0.2, 0.25) is 5.02 Å². The minimum absolute atomic E-state index is 0.203. The van der Waals surface area contributed by atoms with Crippen LogP contribution in [0.3, 0.4) is 0 Å². The topological polar surface area (TPSA) is 50.7 Å². The third-order valence-electron chi connectivity index (χ3n) is 2.67. The van der Waals surface area contributed by atoms with E-state index in [0.29, 0.717) is 11.6 Å².